The number of piperidine rings is 2. The molecule has 0 saturated carbocycles. The van der Waals surface area contributed by atoms with Crippen molar-refractivity contribution < 1.29 is 9.59 Å². The molecule has 1 aromatic carbocycles. The molecule has 0 bridgehead atoms. The molecule has 8 nitrogen and oxygen atoms in total. The van der Waals surface area contributed by atoms with E-state index >= 15 is 0 Å². The van der Waals surface area contributed by atoms with E-state index in [1.165, 1.54) is 17.5 Å². The van der Waals surface area contributed by atoms with Crippen LogP contribution in [-0.2, 0) is 17.8 Å². The molecular formula is C28H38N6O2. The second-order valence-corrected chi connectivity index (χ2v) is 10.7. The van der Waals surface area contributed by atoms with Crippen LogP contribution in [0.3, 0.4) is 0 Å². The van der Waals surface area contributed by atoms with Crippen LogP contribution in [0.4, 0.5) is 5.82 Å². The average Bonchev–Trinajstić information content (AvgIpc) is 2.92. The van der Waals surface area contributed by atoms with Crippen molar-refractivity contribution in [3.8, 4) is 0 Å². The van der Waals surface area contributed by atoms with Crippen molar-refractivity contribution in [3.63, 3.8) is 0 Å². The van der Waals surface area contributed by atoms with Crippen molar-refractivity contribution in [2.75, 3.05) is 38.0 Å². The number of carbonyl (C=O) groups is 2. The number of anilines is 1. The topological polar surface area (TPSA) is 81.7 Å². The van der Waals surface area contributed by atoms with E-state index in [2.05, 4.69) is 44.5 Å². The van der Waals surface area contributed by atoms with Gasteiger partial charge in [-0.3, -0.25) is 14.5 Å². The van der Waals surface area contributed by atoms with E-state index in [0.717, 1.165) is 71.4 Å². The average molecular weight is 491 g/mol. The standard InChI is InChI=1S/C28H38N6O2/c1-20(2)27(35)32-13-8-23(9-14-32)31-26-17-25(29-19-30-26)28(36)33-15-10-24(11-16-33)34-12-7-21-5-3-4-6-22(21)18-34/h3-6,17,19-20,23-24H,7-16,18H2,1-2H3,(H,29,30,31). The molecule has 5 rings (SSSR count). The molecule has 1 aromatic heterocycles. The third-order valence-electron chi connectivity index (χ3n) is 7.97. The summed E-state index contributed by atoms with van der Waals surface area (Å²) in [5.74, 6) is 0.924. The minimum atomic E-state index is -0.0137. The van der Waals surface area contributed by atoms with Crippen molar-refractivity contribution in [2.24, 2.45) is 5.92 Å². The number of carbonyl (C=O) groups excluding carboxylic acids is 2. The molecule has 0 atom stereocenters. The van der Waals surface area contributed by atoms with E-state index in [1.54, 1.807) is 6.07 Å². The van der Waals surface area contributed by atoms with Crippen LogP contribution >= 0.6 is 0 Å². The fourth-order valence-electron chi connectivity index (χ4n) is 5.80. The molecule has 4 heterocycles. The van der Waals surface area contributed by atoms with Gasteiger partial charge in [0.25, 0.3) is 5.91 Å². The number of hydrogen-bond acceptors (Lipinski definition) is 6. The van der Waals surface area contributed by atoms with Gasteiger partial charge in [0.1, 0.15) is 17.8 Å². The second-order valence-electron chi connectivity index (χ2n) is 10.7. The summed E-state index contributed by atoms with van der Waals surface area (Å²) in [6, 6.07) is 11.3. The molecule has 3 aliphatic rings. The first kappa shape index (κ1) is 24.7. The Hall–Kier alpha value is -3.00. The number of amides is 2. The quantitative estimate of drug-likeness (QED) is 0.693. The van der Waals surface area contributed by atoms with Gasteiger partial charge in [0.15, 0.2) is 0 Å². The molecule has 2 amide bonds. The van der Waals surface area contributed by atoms with Crippen molar-refractivity contribution >= 4 is 17.6 Å². The van der Waals surface area contributed by atoms with E-state index in [1.807, 2.05) is 23.6 Å². The zero-order valence-electron chi connectivity index (χ0n) is 21.5. The summed E-state index contributed by atoms with van der Waals surface area (Å²) in [4.78, 5) is 40.6. The van der Waals surface area contributed by atoms with E-state index in [4.69, 9.17) is 0 Å². The number of rotatable bonds is 5. The SMILES string of the molecule is CC(C)C(=O)N1CCC(Nc2cc(C(=O)N3CCC(N4CCc5ccccc5C4)CC3)ncn2)CC1. The Labute approximate surface area is 214 Å². The highest BCUT2D eigenvalue weighted by molar-refractivity contribution is 5.93. The highest BCUT2D eigenvalue weighted by Gasteiger charge is 2.30. The summed E-state index contributed by atoms with van der Waals surface area (Å²) in [5.41, 5.74) is 3.37. The summed E-state index contributed by atoms with van der Waals surface area (Å²) < 4.78 is 0. The molecule has 2 aromatic rings. The minimum absolute atomic E-state index is 0.0137. The van der Waals surface area contributed by atoms with Crippen LogP contribution in [0.15, 0.2) is 36.7 Å². The smallest absolute Gasteiger partial charge is 0.272 e. The molecule has 0 aliphatic carbocycles. The molecule has 2 saturated heterocycles. The Kier molecular flexibility index (Phi) is 7.51. The van der Waals surface area contributed by atoms with Gasteiger partial charge < -0.3 is 15.1 Å². The van der Waals surface area contributed by atoms with Gasteiger partial charge >= 0.3 is 0 Å². The van der Waals surface area contributed by atoms with Crippen LogP contribution in [0.1, 0.15) is 61.1 Å². The Morgan fingerprint density at radius 3 is 2.33 bits per heavy atom. The summed E-state index contributed by atoms with van der Waals surface area (Å²) in [6.07, 6.45) is 6.33. The summed E-state index contributed by atoms with van der Waals surface area (Å²) in [5, 5.41) is 3.46. The molecule has 36 heavy (non-hydrogen) atoms. The van der Waals surface area contributed by atoms with Crippen LogP contribution in [-0.4, -0.2) is 81.3 Å². The number of nitrogens with one attached hydrogen (secondary N) is 1. The van der Waals surface area contributed by atoms with Gasteiger partial charge in [-0.25, -0.2) is 9.97 Å². The maximum absolute atomic E-state index is 13.2. The van der Waals surface area contributed by atoms with Gasteiger partial charge in [-0.1, -0.05) is 38.1 Å². The lowest BCUT2D eigenvalue weighted by atomic mass is 9.95. The zero-order valence-corrected chi connectivity index (χ0v) is 21.5. The number of likely N-dealkylation sites (tertiary alicyclic amines) is 2. The van der Waals surface area contributed by atoms with Crippen LogP contribution in [0.5, 0.6) is 0 Å². The molecule has 1 N–H and O–H groups in total. The highest BCUT2D eigenvalue weighted by Crippen LogP contribution is 2.25. The van der Waals surface area contributed by atoms with Crippen molar-refractivity contribution in [2.45, 2.75) is 64.6 Å². The molecule has 0 spiro atoms. The van der Waals surface area contributed by atoms with Gasteiger partial charge in [0, 0.05) is 63.3 Å². The van der Waals surface area contributed by atoms with Crippen LogP contribution in [0.2, 0.25) is 0 Å². The Morgan fingerprint density at radius 2 is 1.61 bits per heavy atom. The number of fused-ring (bicyclic) bond motifs is 1. The van der Waals surface area contributed by atoms with Gasteiger partial charge in [-0.05, 0) is 43.2 Å². The Balaban J connectivity index is 1.12. The van der Waals surface area contributed by atoms with Gasteiger partial charge in [-0.2, -0.15) is 0 Å². The normalized spacial score (nSPS) is 19.9. The lowest BCUT2D eigenvalue weighted by Gasteiger charge is -2.40. The molecular weight excluding hydrogens is 452 g/mol. The number of nitrogens with zero attached hydrogens (tertiary/aromatic N) is 5. The van der Waals surface area contributed by atoms with Gasteiger partial charge in [0.05, 0.1) is 0 Å². The van der Waals surface area contributed by atoms with E-state index in [-0.39, 0.29) is 23.8 Å². The number of aromatic nitrogens is 2. The fourth-order valence-corrected chi connectivity index (χ4v) is 5.80. The first-order valence-electron chi connectivity index (χ1n) is 13.5. The third kappa shape index (κ3) is 5.53. The first-order valence-corrected chi connectivity index (χ1v) is 13.5. The highest BCUT2D eigenvalue weighted by atomic mass is 16.2. The molecule has 0 radical (unpaired) electrons. The monoisotopic (exact) mass is 490 g/mol. The van der Waals surface area contributed by atoms with Crippen LogP contribution < -0.4 is 5.32 Å². The maximum atomic E-state index is 13.2. The molecule has 192 valence electrons. The van der Waals surface area contributed by atoms with Gasteiger partial charge in [0.2, 0.25) is 5.91 Å². The van der Waals surface area contributed by atoms with Crippen LogP contribution in [0, 0.1) is 5.92 Å². The van der Waals surface area contributed by atoms with Crippen LogP contribution in [0.25, 0.3) is 0 Å². The lowest BCUT2D eigenvalue weighted by molar-refractivity contribution is -0.135. The predicted molar refractivity (Wildman–Crippen MR) is 140 cm³/mol. The maximum Gasteiger partial charge on any atom is 0.272 e. The van der Waals surface area contributed by atoms with Gasteiger partial charge in [-0.15, -0.1) is 0 Å². The summed E-state index contributed by atoms with van der Waals surface area (Å²) in [7, 11) is 0. The second kappa shape index (κ2) is 10.9. The molecule has 0 unspecified atom stereocenters. The number of benzene rings is 1. The van der Waals surface area contributed by atoms with Crippen molar-refractivity contribution in [3.05, 3.63) is 53.5 Å². The number of hydrogen-bond donors (Lipinski definition) is 1. The van der Waals surface area contributed by atoms with E-state index < -0.39 is 0 Å². The van der Waals surface area contributed by atoms with Crippen molar-refractivity contribution in [1.82, 2.24) is 24.7 Å². The largest absolute Gasteiger partial charge is 0.367 e. The van der Waals surface area contributed by atoms with E-state index in [0.29, 0.717) is 17.6 Å². The Bertz CT molecular complexity index is 1070. The Morgan fingerprint density at radius 1 is 0.917 bits per heavy atom. The molecule has 3 aliphatic heterocycles. The molecule has 8 heteroatoms. The predicted octanol–water partition coefficient (Wildman–Crippen LogP) is 3.20. The minimum Gasteiger partial charge on any atom is -0.367 e. The van der Waals surface area contributed by atoms with E-state index in [9.17, 15) is 9.59 Å². The lowest BCUT2D eigenvalue weighted by Crippen LogP contribution is -2.48. The van der Waals surface area contributed by atoms with Crippen molar-refractivity contribution in [1.29, 1.82) is 0 Å². The summed E-state index contributed by atoms with van der Waals surface area (Å²) >= 11 is 0. The zero-order chi connectivity index (χ0) is 25.1. The fraction of sp³-hybridized carbons (Fsp3) is 0.571. The first-order chi connectivity index (χ1) is 17.5. The summed E-state index contributed by atoms with van der Waals surface area (Å²) in [6.45, 7) is 9.03. The third-order valence-corrected chi connectivity index (χ3v) is 7.97. The molecule has 2 fully saturated rings.